The van der Waals surface area contributed by atoms with Crippen LogP contribution < -0.4 is 5.32 Å². The number of benzene rings is 1. The molecule has 1 aromatic carbocycles. The number of nitrogens with zero attached hydrogens (tertiary/aromatic N) is 2. The maximum atomic E-state index is 12.3. The highest BCUT2D eigenvalue weighted by Crippen LogP contribution is 2.26. The van der Waals surface area contributed by atoms with Gasteiger partial charge in [-0.15, -0.1) is 0 Å². The Kier molecular flexibility index (Phi) is 6.68. The molecule has 25 heavy (non-hydrogen) atoms. The van der Waals surface area contributed by atoms with Crippen LogP contribution >= 0.6 is 0 Å². The standard InChI is InChI=1S/C18H24N4O3/c1-4-12(2)14-7-5-6-8-15(14)21-18(24)13(3)25-17(23)10-9-16-19-11-20-22-16/h5-8,11-13H,4,9-10H2,1-3H3,(H,21,24)(H,19,20,22)/t12-,13-/m1/s1. The molecular formula is C18H24N4O3. The smallest absolute Gasteiger partial charge is 0.307 e. The normalized spacial score (nSPS) is 13.1. The first kappa shape index (κ1) is 18.6. The van der Waals surface area contributed by atoms with Crippen LogP contribution in [-0.4, -0.2) is 33.2 Å². The van der Waals surface area contributed by atoms with Gasteiger partial charge in [0.15, 0.2) is 6.10 Å². The molecule has 2 rings (SSSR count). The lowest BCUT2D eigenvalue weighted by Crippen LogP contribution is -2.30. The fourth-order valence-corrected chi connectivity index (χ4v) is 2.38. The lowest BCUT2D eigenvalue weighted by atomic mass is 9.97. The number of esters is 1. The number of ether oxygens (including phenoxy) is 1. The fraction of sp³-hybridized carbons (Fsp3) is 0.444. The summed E-state index contributed by atoms with van der Waals surface area (Å²) in [7, 11) is 0. The molecule has 134 valence electrons. The maximum Gasteiger partial charge on any atom is 0.307 e. The number of carbonyl (C=O) groups excluding carboxylic acids is 2. The molecule has 1 heterocycles. The summed E-state index contributed by atoms with van der Waals surface area (Å²) < 4.78 is 5.20. The van der Waals surface area contributed by atoms with E-state index < -0.39 is 12.1 Å². The highest BCUT2D eigenvalue weighted by Gasteiger charge is 2.19. The van der Waals surface area contributed by atoms with E-state index in [1.807, 2.05) is 24.3 Å². The van der Waals surface area contributed by atoms with Gasteiger partial charge in [-0.25, -0.2) is 4.98 Å². The van der Waals surface area contributed by atoms with Gasteiger partial charge < -0.3 is 10.1 Å². The van der Waals surface area contributed by atoms with Crippen molar-refractivity contribution < 1.29 is 14.3 Å². The molecule has 0 saturated heterocycles. The average molecular weight is 344 g/mol. The fourth-order valence-electron chi connectivity index (χ4n) is 2.38. The SMILES string of the molecule is CC[C@@H](C)c1ccccc1NC(=O)[C@@H](C)OC(=O)CCc1ncn[nH]1. The Morgan fingerprint density at radius 3 is 2.72 bits per heavy atom. The molecule has 7 heteroatoms. The summed E-state index contributed by atoms with van der Waals surface area (Å²) in [5, 5.41) is 9.24. The molecule has 0 unspecified atom stereocenters. The van der Waals surface area contributed by atoms with Crippen molar-refractivity contribution in [1.29, 1.82) is 0 Å². The van der Waals surface area contributed by atoms with Gasteiger partial charge in [-0.05, 0) is 30.9 Å². The van der Waals surface area contributed by atoms with Gasteiger partial charge in [-0.1, -0.05) is 32.0 Å². The van der Waals surface area contributed by atoms with Gasteiger partial charge in [0, 0.05) is 12.1 Å². The van der Waals surface area contributed by atoms with Crippen molar-refractivity contribution >= 4 is 17.6 Å². The molecule has 0 saturated carbocycles. The first-order chi connectivity index (χ1) is 12.0. The third-order valence-electron chi connectivity index (χ3n) is 4.07. The lowest BCUT2D eigenvalue weighted by Gasteiger charge is -2.18. The van der Waals surface area contributed by atoms with Crippen LogP contribution in [0.25, 0.3) is 0 Å². The van der Waals surface area contributed by atoms with E-state index in [1.165, 1.54) is 6.33 Å². The Labute approximate surface area is 147 Å². The number of aromatic amines is 1. The van der Waals surface area contributed by atoms with E-state index >= 15 is 0 Å². The van der Waals surface area contributed by atoms with Crippen LogP contribution in [0.3, 0.4) is 0 Å². The molecule has 0 radical (unpaired) electrons. The van der Waals surface area contributed by atoms with Crippen LogP contribution in [-0.2, 0) is 20.7 Å². The highest BCUT2D eigenvalue weighted by atomic mass is 16.5. The maximum absolute atomic E-state index is 12.3. The van der Waals surface area contributed by atoms with E-state index in [9.17, 15) is 9.59 Å². The zero-order valence-corrected chi connectivity index (χ0v) is 14.8. The monoisotopic (exact) mass is 344 g/mol. The third-order valence-corrected chi connectivity index (χ3v) is 4.07. The first-order valence-electron chi connectivity index (χ1n) is 8.44. The number of nitrogens with one attached hydrogen (secondary N) is 2. The first-order valence-corrected chi connectivity index (χ1v) is 8.44. The van der Waals surface area contributed by atoms with Crippen molar-refractivity contribution in [3.05, 3.63) is 42.0 Å². The Morgan fingerprint density at radius 1 is 1.28 bits per heavy atom. The summed E-state index contributed by atoms with van der Waals surface area (Å²) in [5.74, 6) is 0.144. The summed E-state index contributed by atoms with van der Waals surface area (Å²) >= 11 is 0. The van der Waals surface area contributed by atoms with Crippen LogP contribution in [0.1, 0.15) is 50.9 Å². The number of rotatable bonds is 8. The Bertz CT molecular complexity index is 700. The molecule has 0 fully saturated rings. The average Bonchev–Trinajstić information content (AvgIpc) is 3.13. The zero-order chi connectivity index (χ0) is 18.2. The number of hydrogen-bond donors (Lipinski definition) is 2. The van der Waals surface area contributed by atoms with Gasteiger partial charge in [-0.3, -0.25) is 14.7 Å². The lowest BCUT2D eigenvalue weighted by molar-refractivity contribution is -0.153. The molecule has 2 N–H and O–H groups in total. The Morgan fingerprint density at radius 2 is 2.04 bits per heavy atom. The molecule has 0 bridgehead atoms. The predicted octanol–water partition coefficient (Wildman–Crippen LogP) is 2.82. The summed E-state index contributed by atoms with van der Waals surface area (Å²) in [5.41, 5.74) is 1.83. The molecule has 0 aliphatic carbocycles. The summed E-state index contributed by atoms with van der Waals surface area (Å²) in [6.45, 7) is 5.77. The largest absolute Gasteiger partial charge is 0.453 e. The molecule has 1 amide bonds. The van der Waals surface area contributed by atoms with Crippen LogP contribution in [0, 0.1) is 0 Å². The van der Waals surface area contributed by atoms with Gasteiger partial charge >= 0.3 is 5.97 Å². The summed E-state index contributed by atoms with van der Waals surface area (Å²) in [6, 6.07) is 7.68. The molecule has 7 nitrogen and oxygen atoms in total. The van der Waals surface area contributed by atoms with Gasteiger partial charge in [0.1, 0.15) is 12.2 Å². The zero-order valence-electron chi connectivity index (χ0n) is 14.8. The van der Waals surface area contributed by atoms with Gasteiger partial charge in [-0.2, -0.15) is 5.10 Å². The molecular weight excluding hydrogens is 320 g/mol. The number of carbonyl (C=O) groups is 2. The van der Waals surface area contributed by atoms with Gasteiger partial charge in [0.05, 0.1) is 6.42 Å². The second kappa shape index (κ2) is 8.96. The van der Waals surface area contributed by atoms with E-state index in [0.29, 0.717) is 18.2 Å². The number of aromatic nitrogens is 3. The number of aryl methyl sites for hydroxylation is 1. The second-order valence-electron chi connectivity index (χ2n) is 5.95. The minimum absolute atomic E-state index is 0.135. The van der Waals surface area contributed by atoms with Gasteiger partial charge in [0.2, 0.25) is 0 Å². The second-order valence-corrected chi connectivity index (χ2v) is 5.95. The van der Waals surface area contributed by atoms with Crippen LogP contribution in [0.15, 0.2) is 30.6 Å². The van der Waals surface area contributed by atoms with Crippen molar-refractivity contribution in [2.24, 2.45) is 0 Å². The summed E-state index contributed by atoms with van der Waals surface area (Å²) in [6.07, 6.45) is 2.01. The van der Waals surface area contributed by atoms with E-state index in [1.54, 1.807) is 6.92 Å². The van der Waals surface area contributed by atoms with Crippen molar-refractivity contribution in [2.75, 3.05) is 5.32 Å². The molecule has 0 spiro atoms. The molecule has 0 aliphatic heterocycles. The van der Waals surface area contributed by atoms with Crippen molar-refractivity contribution in [3.8, 4) is 0 Å². The molecule has 1 aromatic heterocycles. The third kappa shape index (κ3) is 5.41. The number of para-hydroxylation sites is 1. The van der Waals surface area contributed by atoms with Crippen molar-refractivity contribution in [2.45, 2.75) is 52.1 Å². The highest BCUT2D eigenvalue weighted by molar-refractivity contribution is 5.95. The van der Waals surface area contributed by atoms with E-state index in [-0.39, 0.29) is 12.3 Å². The molecule has 2 atom stereocenters. The number of amides is 1. The Balaban J connectivity index is 1.89. The van der Waals surface area contributed by atoms with Crippen molar-refractivity contribution in [3.63, 3.8) is 0 Å². The minimum Gasteiger partial charge on any atom is -0.453 e. The van der Waals surface area contributed by atoms with Gasteiger partial charge in [0.25, 0.3) is 5.91 Å². The molecule has 2 aromatic rings. The van der Waals surface area contributed by atoms with Crippen molar-refractivity contribution in [1.82, 2.24) is 15.2 Å². The summed E-state index contributed by atoms with van der Waals surface area (Å²) in [4.78, 5) is 28.1. The van der Waals surface area contributed by atoms with E-state index in [4.69, 9.17) is 4.74 Å². The van der Waals surface area contributed by atoms with E-state index in [2.05, 4.69) is 34.3 Å². The van der Waals surface area contributed by atoms with Crippen LogP contribution in [0.4, 0.5) is 5.69 Å². The molecule has 0 aliphatic rings. The number of hydrogen-bond acceptors (Lipinski definition) is 5. The number of anilines is 1. The number of H-pyrrole nitrogens is 1. The quantitative estimate of drug-likeness (QED) is 0.718. The minimum atomic E-state index is -0.868. The predicted molar refractivity (Wildman–Crippen MR) is 94.0 cm³/mol. The topological polar surface area (TPSA) is 97.0 Å². The van der Waals surface area contributed by atoms with Crippen LogP contribution in [0.2, 0.25) is 0 Å². The Hall–Kier alpha value is -2.70. The van der Waals surface area contributed by atoms with Crippen LogP contribution in [0.5, 0.6) is 0 Å². The van der Waals surface area contributed by atoms with E-state index in [0.717, 1.165) is 17.7 Å².